The lowest BCUT2D eigenvalue weighted by atomic mass is 9.95. The van der Waals surface area contributed by atoms with E-state index in [0.717, 1.165) is 93.0 Å². The van der Waals surface area contributed by atoms with Gasteiger partial charge in [-0.25, -0.2) is 9.37 Å². The van der Waals surface area contributed by atoms with Crippen LogP contribution in [0.15, 0.2) is 78.3 Å². The van der Waals surface area contributed by atoms with Crippen LogP contribution in [0.3, 0.4) is 0 Å². The fourth-order valence-electron chi connectivity index (χ4n) is 9.73. The Morgan fingerprint density at radius 2 is 1.70 bits per heavy atom. The summed E-state index contributed by atoms with van der Waals surface area (Å²) in [6, 6.07) is 15.7. The fraction of sp³-hybridized carbons (Fsp3) is 0.340. The third-order valence-electron chi connectivity index (χ3n) is 13.2. The first kappa shape index (κ1) is 42.8. The van der Waals surface area contributed by atoms with Crippen molar-refractivity contribution in [2.75, 3.05) is 47.8 Å². The average Bonchev–Trinajstić information content (AvgIpc) is 4.03. The Bertz CT molecular complexity index is 2770. The molecule has 0 saturated carbocycles. The van der Waals surface area contributed by atoms with Crippen molar-refractivity contribution in [3.63, 3.8) is 0 Å². The van der Waals surface area contributed by atoms with E-state index in [-0.39, 0.29) is 47.9 Å². The summed E-state index contributed by atoms with van der Waals surface area (Å²) >= 11 is 1.19. The number of rotatable bonds is 11. The SMILES string of the molecule is O=C1CCC(N2C(=O)c3ccc(N4CCC[C@@H](NCC5CCN(c6ccc(-c7ccc8c(c7)C(=O)N(C(C(=O)Nc7nccs7)c7cc(F)ccc7O)C8)nn6)CC5)C4)cc3C2=O)C(=O)N1. The molecule has 3 atom stereocenters. The molecule has 0 spiro atoms. The Kier molecular flexibility index (Phi) is 11.5. The maximum atomic E-state index is 14.4. The number of benzene rings is 3. The molecule has 0 bridgehead atoms. The smallest absolute Gasteiger partial charge is 0.262 e. The first-order valence-electron chi connectivity index (χ1n) is 22.0. The molecule has 19 heteroatoms. The van der Waals surface area contributed by atoms with Gasteiger partial charge in [-0.1, -0.05) is 12.1 Å². The van der Waals surface area contributed by atoms with Crippen molar-refractivity contribution in [1.29, 1.82) is 0 Å². The largest absolute Gasteiger partial charge is 0.508 e. The van der Waals surface area contributed by atoms with Gasteiger partial charge < -0.3 is 25.1 Å². The van der Waals surface area contributed by atoms with Crippen molar-refractivity contribution in [3.8, 4) is 17.0 Å². The third-order valence-corrected chi connectivity index (χ3v) is 13.9. The lowest BCUT2D eigenvalue weighted by Gasteiger charge is -2.37. The summed E-state index contributed by atoms with van der Waals surface area (Å²) in [5.41, 5.74) is 3.65. The summed E-state index contributed by atoms with van der Waals surface area (Å²) in [4.78, 5) is 89.3. The summed E-state index contributed by atoms with van der Waals surface area (Å²) in [5, 5.41) is 30.5. The number of hydrogen-bond acceptors (Lipinski definition) is 14. The number of carbonyl (C=O) groups excluding carboxylic acids is 6. The van der Waals surface area contributed by atoms with Gasteiger partial charge >= 0.3 is 0 Å². The molecule has 6 amide bonds. The molecule has 4 N–H and O–H groups in total. The van der Waals surface area contributed by atoms with Crippen molar-refractivity contribution >= 4 is 63.4 Å². The maximum absolute atomic E-state index is 14.4. The number of thiazole rings is 1. The van der Waals surface area contributed by atoms with Gasteiger partial charge in [0.05, 0.1) is 16.8 Å². The minimum atomic E-state index is -1.33. The van der Waals surface area contributed by atoms with Gasteiger partial charge in [-0.3, -0.25) is 44.3 Å². The highest BCUT2D eigenvalue weighted by molar-refractivity contribution is 7.13. The van der Waals surface area contributed by atoms with Gasteiger partial charge in [-0.05, 0) is 105 Å². The molecule has 66 heavy (non-hydrogen) atoms. The molecule has 5 aliphatic rings. The number of aromatic hydroxyl groups is 1. The first-order chi connectivity index (χ1) is 32.0. The molecule has 17 nitrogen and oxygen atoms in total. The van der Waals surface area contributed by atoms with Gasteiger partial charge in [0.2, 0.25) is 11.8 Å². The number of aromatic nitrogens is 3. The number of imide groups is 2. The predicted molar refractivity (Wildman–Crippen MR) is 240 cm³/mol. The monoisotopic (exact) mass is 912 g/mol. The molecule has 0 aliphatic carbocycles. The lowest BCUT2D eigenvalue weighted by Crippen LogP contribution is -2.54. The van der Waals surface area contributed by atoms with Crippen LogP contribution < -0.4 is 25.8 Å². The highest BCUT2D eigenvalue weighted by atomic mass is 32.1. The number of phenols is 1. The van der Waals surface area contributed by atoms with Crippen molar-refractivity contribution in [3.05, 3.63) is 112 Å². The zero-order valence-electron chi connectivity index (χ0n) is 35.6. The van der Waals surface area contributed by atoms with Crippen LogP contribution in [-0.4, -0.2) is 110 Å². The minimum Gasteiger partial charge on any atom is -0.508 e. The third kappa shape index (κ3) is 8.23. The van der Waals surface area contributed by atoms with Crippen molar-refractivity contribution < 1.29 is 38.3 Å². The van der Waals surface area contributed by atoms with Crippen molar-refractivity contribution in [2.24, 2.45) is 5.92 Å². The molecule has 5 aliphatic heterocycles. The van der Waals surface area contributed by atoms with Crippen LogP contribution in [0, 0.1) is 11.7 Å². The van der Waals surface area contributed by atoms with Gasteiger partial charge in [-0.2, -0.15) is 0 Å². The molecule has 338 valence electrons. The van der Waals surface area contributed by atoms with E-state index in [2.05, 4.69) is 40.9 Å². The van der Waals surface area contributed by atoms with Gasteiger partial charge in [0, 0.05) is 79.1 Å². The lowest BCUT2D eigenvalue weighted by molar-refractivity contribution is -0.136. The number of halogens is 1. The van der Waals surface area contributed by atoms with Crippen LogP contribution in [-0.2, 0) is 20.9 Å². The average molecular weight is 913 g/mol. The molecule has 10 rings (SSSR count). The highest BCUT2D eigenvalue weighted by Gasteiger charge is 2.45. The van der Waals surface area contributed by atoms with Crippen molar-refractivity contribution in [1.82, 2.24) is 35.6 Å². The molecule has 2 aromatic heterocycles. The van der Waals surface area contributed by atoms with E-state index >= 15 is 0 Å². The molecular weight excluding hydrogens is 868 g/mol. The number of anilines is 3. The Balaban J connectivity index is 0.730. The second-order valence-electron chi connectivity index (χ2n) is 17.3. The van der Waals surface area contributed by atoms with E-state index in [0.29, 0.717) is 33.4 Å². The Labute approximate surface area is 382 Å². The van der Waals surface area contributed by atoms with Crippen LogP contribution in [0.1, 0.15) is 86.8 Å². The number of fused-ring (bicyclic) bond motifs is 2. The molecule has 7 heterocycles. The van der Waals surface area contributed by atoms with Gasteiger partial charge in [0.15, 0.2) is 10.9 Å². The highest BCUT2D eigenvalue weighted by Crippen LogP contribution is 2.38. The normalized spacial score (nSPS) is 20.4. The zero-order valence-corrected chi connectivity index (χ0v) is 36.4. The predicted octanol–water partition coefficient (Wildman–Crippen LogP) is 4.66. The number of amides is 6. The minimum absolute atomic E-state index is 0.0410. The summed E-state index contributed by atoms with van der Waals surface area (Å²) in [6.07, 6.45) is 5.64. The quantitative estimate of drug-likeness (QED) is 0.133. The number of piperidine rings is 3. The van der Waals surface area contributed by atoms with Crippen LogP contribution in [0.5, 0.6) is 5.75 Å². The Morgan fingerprint density at radius 3 is 2.47 bits per heavy atom. The van der Waals surface area contributed by atoms with E-state index in [1.807, 2.05) is 30.3 Å². The number of nitrogens with zero attached hydrogens (tertiary/aromatic N) is 7. The molecule has 3 aromatic carbocycles. The van der Waals surface area contributed by atoms with Crippen LogP contribution in [0.2, 0.25) is 0 Å². The number of carbonyl (C=O) groups is 6. The number of hydrogen-bond donors (Lipinski definition) is 4. The molecule has 0 radical (unpaired) electrons. The van der Waals surface area contributed by atoms with E-state index < -0.39 is 53.3 Å². The van der Waals surface area contributed by atoms with Crippen LogP contribution in [0.4, 0.5) is 21.0 Å². The Morgan fingerprint density at radius 1 is 0.864 bits per heavy atom. The standard InChI is InChI=1S/C47H45FN10O7S/c48-29-5-10-38(59)35(21-29)41(43(62)52-47-49-15-19-66-47)57-24-28-4-3-27(20-33(28)44(57)63)36-8-11-39(54-53-36)55-17-13-26(14-18-55)23-50-30-2-1-16-56(25-30)31-6-7-32-34(22-31)46(65)58(45(32)64)37-9-12-40(60)51-42(37)61/h3-8,10-11,15,19-22,26,30,37,41,50,59H,1-2,9,12-14,16-18,23-25H2,(H,49,52,62)(H,51,60,61)/t30-,37?,41?/m1/s1. The molecular formula is C47H45FN10O7S. The van der Waals surface area contributed by atoms with Crippen molar-refractivity contribution in [2.45, 2.75) is 63.2 Å². The van der Waals surface area contributed by atoms with E-state index in [1.165, 1.54) is 22.4 Å². The summed E-state index contributed by atoms with van der Waals surface area (Å²) in [5.74, 6) is -2.89. The zero-order chi connectivity index (χ0) is 45.6. The maximum Gasteiger partial charge on any atom is 0.262 e. The van der Waals surface area contributed by atoms with Crippen LogP contribution in [0.25, 0.3) is 11.3 Å². The topological polar surface area (TPSA) is 210 Å². The summed E-state index contributed by atoms with van der Waals surface area (Å²) in [7, 11) is 0. The Hall–Kier alpha value is -7.12. The molecule has 5 aromatic rings. The fourth-order valence-corrected chi connectivity index (χ4v) is 10.3. The van der Waals surface area contributed by atoms with E-state index in [9.17, 15) is 38.3 Å². The second-order valence-corrected chi connectivity index (χ2v) is 18.2. The second kappa shape index (κ2) is 17.7. The van der Waals surface area contributed by atoms with Gasteiger partial charge in [0.25, 0.3) is 23.6 Å². The van der Waals surface area contributed by atoms with Gasteiger partial charge in [-0.15, -0.1) is 21.5 Å². The van der Waals surface area contributed by atoms with Crippen LogP contribution >= 0.6 is 11.3 Å². The molecule has 2 unspecified atom stereocenters. The summed E-state index contributed by atoms with van der Waals surface area (Å²) in [6.45, 7) is 4.13. The number of phenolic OH excluding ortho intramolecular Hbond substituents is 1. The van der Waals surface area contributed by atoms with Gasteiger partial charge in [0.1, 0.15) is 23.7 Å². The molecule has 3 saturated heterocycles. The molecule has 3 fully saturated rings. The van der Waals surface area contributed by atoms with E-state index in [1.54, 1.807) is 23.6 Å². The summed E-state index contributed by atoms with van der Waals surface area (Å²) < 4.78 is 14.4. The number of nitrogens with one attached hydrogen (secondary N) is 3. The van der Waals surface area contributed by atoms with E-state index in [4.69, 9.17) is 0 Å². The first-order valence-corrected chi connectivity index (χ1v) is 22.9.